The van der Waals surface area contributed by atoms with Crippen molar-refractivity contribution in [3.8, 4) is 0 Å². The van der Waals surface area contributed by atoms with Crippen molar-refractivity contribution in [2.45, 2.75) is 6.92 Å². The summed E-state index contributed by atoms with van der Waals surface area (Å²) in [6.07, 6.45) is 1.35. The fraction of sp³-hybridized carbons (Fsp3) is 0.231. The van der Waals surface area contributed by atoms with Crippen molar-refractivity contribution in [3.05, 3.63) is 41.8 Å². The Morgan fingerprint density at radius 2 is 1.94 bits per heavy atom. The van der Waals surface area contributed by atoms with Crippen molar-refractivity contribution < 1.29 is 9.32 Å². The Kier molecular flexibility index (Phi) is 3.32. The molecule has 0 unspecified atom stereocenters. The molecule has 0 radical (unpaired) electrons. The van der Waals surface area contributed by atoms with E-state index in [9.17, 15) is 4.79 Å². The third-order valence-corrected chi connectivity index (χ3v) is 2.64. The molecule has 1 heterocycles. The van der Waals surface area contributed by atoms with Crippen LogP contribution in [0.2, 0.25) is 0 Å². The molecule has 18 heavy (non-hydrogen) atoms. The van der Waals surface area contributed by atoms with Gasteiger partial charge < -0.3 is 14.7 Å². The number of benzene rings is 1. The van der Waals surface area contributed by atoms with E-state index in [4.69, 9.17) is 4.52 Å². The van der Waals surface area contributed by atoms with Gasteiger partial charge in [0.2, 0.25) is 0 Å². The topological polar surface area (TPSA) is 58.4 Å². The molecule has 2 aromatic rings. The lowest BCUT2D eigenvalue weighted by Gasteiger charge is -2.12. The number of aromatic nitrogens is 1. The lowest BCUT2D eigenvalue weighted by molar-refractivity contribution is 0.102. The summed E-state index contributed by atoms with van der Waals surface area (Å²) < 4.78 is 4.74. The Balaban J connectivity index is 2.10. The van der Waals surface area contributed by atoms with Gasteiger partial charge in [-0.05, 0) is 31.2 Å². The molecule has 0 saturated heterocycles. The highest BCUT2D eigenvalue weighted by Crippen LogP contribution is 2.17. The number of hydrogen-bond donors (Lipinski definition) is 1. The number of carbonyl (C=O) groups excluding carboxylic acids is 1. The summed E-state index contributed by atoms with van der Waals surface area (Å²) >= 11 is 0. The maximum Gasteiger partial charge on any atom is 0.260 e. The van der Waals surface area contributed by atoms with E-state index in [0.29, 0.717) is 11.3 Å². The normalized spacial score (nSPS) is 10.2. The van der Waals surface area contributed by atoms with E-state index >= 15 is 0 Å². The van der Waals surface area contributed by atoms with Gasteiger partial charge in [0.25, 0.3) is 5.91 Å². The summed E-state index contributed by atoms with van der Waals surface area (Å²) in [6, 6.07) is 7.60. The molecule has 1 aromatic heterocycles. The van der Waals surface area contributed by atoms with Crippen LogP contribution < -0.4 is 10.2 Å². The van der Waals surface area contributed by atoms with Crippen LogP contribution in [0.15, 0.2) is 35.1 Å². The van der Waals surface area contributed by atoms with Gasteiger partial charge in [-0.1, -0.05) is 5.16 Å². The number of hydrogen-bond acceptors (Lipinski definition) is 4. The highest BCUT2D eigenvalue weighted by atomic mass is 16.5. The molecule has 0 fully saturated rings. The monoisotopic (exact) mass is 245 g/mol. The third kappa shape index (κ3) is 2.51. The minimum absolute atomic E-state index is 0.216. The van der Waals surface area contributed by atoms with Crippen LogP contribution in [-0.2, 0) is 0 Å². The Morgan fingerprint density at radius 3 is 2.44 bits per heavy atom. The summed E-state index contributed by atoms with van der Waals surface area (Å²) in [5.41, 5.74) is 2.85. The van der Waals surface area contributed by atoms with E-state index in [1.54, 1.807) is 6.92 Å². The predicted molar refractivity (Wildman–Crippen MR) is 70.0 cm³/mol. The summed E-state index contributed by atoms with van der Waals surface area (Å²) in [5.74, 6) is -0.216. The standard InChI is InChI=1S/C13H15N3O2/c1-9-12(8-18-15-9)13(17)14-10-4-6-11(7-5-10)16(2)3/h4-8H,1-3H3,(H,14,17). The van der Waals surface area contributed by atoms with Gasteiger partial charge in [-0.25, -0.2) is 0 Å². The van der Waals surface area contributed by atoms with Crippen LogP contribution in [-0.4, -0.2) is 25.2 Å². The van der Waals surface area contributed by atoms with Crippen molar-refractivity contribution >= 4 is 17.3 Å². The van der Waals surface area contributed by atoms with Gasteiger partial charge in [0, 0.05) is 25.5 Å². The number of anilines is 2. The molecule has 0 spiro atoms. The van der Waals surface area contributed by atoms with Crippen LogP contribution in [0, 0.1) is 6.92 Å². The van der Waals surface area contributed by atoms with Crippen molar-refractivity contribution in [3.63, 3.8) is 0 Å². The number of rotatable bonds is 3. The van der Waals surface area contributed by atoms with E-state index in [2.05, 4.69) is 10.5 Å². The van der Waals surface area contributed by atoms with Crippen molar-refractivity contribution in [2.75, 3.05) is 24.3 Å². The lowest BCUT2D eigenvalue weighted by atomic mass is 10.2. The maximum atomic E-state index is 11.9. The van der Waals surface area contributed by atoms with Crippen LogP contribution in [0.3, 0.4) is 0 Å². The second-order valence-electron chi connectivity index (χ2n) is 4.21. The zero-order chi connectivity index (χ0) is 13.1. The van der Waals surface area contributed by atoms with Crippen molar-refractivity contribution in [1.29, 1.82) is 0 Å². The Morgan fingerprint density at radius 1 is 1.28 bits per heavy atom. The zero-order valence-corrected chi connectivity index (χ0v) is 10.6. The van der Waals surface area contributed by atoms with Gasteiger partial charge in [-0.2, -0.15) is 0 Å². The molecular weight excluding hydrogens is 230 g/mol. The average Bonchev–Trinajstić information content (AvgIpc) is 2.76. The number of aryl methyl sites for hydroxylation is 1. The number of carbonyl (C=O) groups is 1. The number of nitrogens with one attached hydrogen (secondary N) is 1. The van der Waals surface area contributed by atoms with Gasteiger partial charge in [0.1, 0.15) is 11.8 Å². The molecule has 0 aliphatic heterocycles. The SMILES string of the molecule is Cc1nocc1C(=O)Nc1ccc(N(C)C)cc1. The Bertz CT molecular complexity index is 544. The fourth-order valence-corrected chi connectivity index (χ4v) is 1.55. The molecule has 1 aromatic carbocycles. The molecular formula is C13H15N3O2. The molecule has 5 nitrogen and oxygen atoms in total. The van der Waals surface area contributed by atoms with Gasteiger partial charge in [0.05, 0.1) is 5.69 Å². The highest BCUT2D eigenvalue weighted by Gasteiger charge is 2.12. The first-order chi connectivity index (χ1) is 8.58. The summed E-state index contributed by atoms with van der Waals surface area (Å²) in [5, 5.41) is 6.47. The Hall–Kier alpha value is -2.30. The predicted octanol–water partition coefficient (Wildman–Crippen LogP) is 2.30. The molecule has 0 bridgehead atoms. The quantitative estimate of drug-likeness (QED) is 0.901. The van der Waals surface area contributed by atoms with Crippen LogP contribution in [0.25, 0.3) is 0 Å². The second-order valence-corrected chi connectivity index (χ2v) is 4.21. The zero-order valence-electron chi connectivity index (χ0n) is 10.6. The van der Waals surface area contributed by atoms with Gasteiger partial charge in [-0.3, -0.25) is 4.79 Å². The van der Waals surface area contributed by atoms with Crippen molar-refractivity contribution in [2.24, 2.45) is 0 Å². The first-order valence-electron chi connectivity index (χ1n) is 5.57. The van der Waals surface area contributed by atoms with E-state index in [1.807, 2.05) is 43.3 Å². The minimum atomic E-state index is -0.216. The minimum Gasteiger partial charge on any atom is -0.378 e. The smallest absolute Gasteiger partial charge is 0.260 e. The van der Waals surface area contributed by atoms with Crippen LogP contribution in [0.4, 0.5) is 11.4 Å². The van der Waals surface area contributed by atoms with Crippen LogP contribution in [0.5, 0.6) is 0 Å². The lowest BCUT2D eigenvalue weighted by Crippen LogP contribution is -2.13. The third-order valence-electron chi connectivity index (χ3n) is 2.64. The van der Waals surface area contributed by atoms with Crippen LogP contribution in [0.1, 0.15) is 16.1 Å². The van der Waals surface area contributed by atoms with E-state index in [0.717, 1.165) is 11.4 Å². The molecule has 0 aliphatic carbocycles. The maximum absolute atomic E-state index is 11.9. The van der Waals surface area contributed by atoms with Crippen molar-refractivity contribution in [1.82, 2.24) is 5.16 Å². The van der Waals surface area contributed by atoms with Crippen LogP contribution >= 0.6 is 0 Å². The van der Waals surface area contributed by atoms with Gasteiger partial charge in [0.15, 0.2) is 0 Å². The number of nitrogens with zero attached hydrogens (tertiary/aromatic N) is 2. The van der Waals surface area contributed by atoms with Gasteiger partial charge >= 0.3 is 0 Å². The molecule has 0 aliphatic rings. The molecule has 0 saturated carbocycles. The molecule has 94 valence electrons. The second kappa shape index (κ2) is 4.91. The summed E-state index contributed by atoms with van der Waals surface area (Å²) in [7, 11) is 3.93. The summed E-state index contributed by atoms with van der Waals surface area (Å²) in [6.45, 7) is 1.73. The summed E-state index contributed by atoms with van der Waals surface area (Å²) in [4.78, 5) is 13.9. The van der Waals surface area contributed by atoms with E-state index in [1.165, 1.54) is 6.26 Å². The highest BCUT2D eigenvalue weighted by molar-refractivity contribution is 6.04. The van der Waals surface area contributed by atoms with Gasteiger partial charge in [-0.15, -0.1) is 0 Å². The molecule has 2 rings (SSSR count). The molecule has 5 heteroatoms. The van der Waals surface area contributed by atoms with E-state index in [-0.39, 0.29) is 5.91 Å². The number of amides is 1. The Labute approximate surface area is 105 Å². The molecule has 1 amide bonds. The first kappa shape index (κ1) is 12.2. The van der Waals surface area contributed by atoms with E-state index < -0.39 is 0 Å². The fourth-order valence-electron chi connectivity index (χ4n) is 1.55. The average molecular weight is 245 g/mol. The first-order valence-corrected chi connectivity index (χ1v) is 5.57. The largest absolute Gasteiger partial charge is 0.378 e. The molecule has 0 atom stereocenters. The molecule has 1 N–H and O–H groups in total.